The minimum atomic E-state index is 0.460. The first kappa shape index (κ1) is 16.9. The smallest absolute Gasteiger partial charge is 0.320 e. The molecule has 2 N–H and O–H groups in total. The van der Waals surface area contributed by atoms with Crippen LogP contribution in [0.3, 0.4) is 0 Å². The molecule has 1 aliphatic rings. The number of anilines is 2. The van der Waals surface area contributed by atoms with Gasteiger partial charge in [0.2, 0.25) is 5.89 Å². The molecule has 1 aromatic heterocycles. The highest BCUT2D eigenvalue weighted by Gasteiger charge is 2.17. The van der Waals surface area contributed by atoms with Crippen LogP contribution in [0, 0.1) is 13.8 Å². The Balaban J connectivity index is 1.79. The summed E-state index contributed by atoms with van der Waals surface area (Å²) in [5.41, 5.74) is 4.86. The third kappa shape index (κ3) is 3.94. The summed E-state index contributed by atoms with van der Waals surface area (Å²) in [6.45, 7) is 12.7. The lowest BCUT2D eigenvalue weighted by molar-refractivity contribution is 0.199. The second-order valence-electron chi connectivity index (χ2n) is 6.67. The van der Waals surface area contributed by atoms with Gasteiger partial charge in [0, 0.05) is 44.3 Å². The lowest BCUT2D eigenvalue weighted by Crippen LogP contribution is -2.48. The predicted octanol–water partition coefficient (Wildman–Crippen LogP) is 2.79. The van der Waals surface area contributed by atoms with E-state index >= 15 is 0 Å². The Morgan fingerprint density at radius 1 is 1.33 bits per heavy atom. The molecule has 0 radical (unpaired) electrons. The summed E-state index contributed by atoms with van der Waals surface area (Å²) in [7, 11) is 0. The van der Waals surface area contributed by atoms with Gasteiger partial charge in [-0.3, -0.25) is 4.90 Å². The number of nitrogens with zero attached hydrogens (tertiary/aromatic N) is 3. The zero-order valence-corrected chi connectivity index (χ0v) is 15.0. The van der Waals surface area contributed by atoms with Crippen molar-refractivity contribution in [2.45, 2.75) is 46.7 Å². The number of benzene rings is 1. The summed E-state index contributed by atoms with van der Waals surface area (Å²) in [6, 6.07) is 5.42. The van der Waals surface area contributed by atoms with Crippen molar-refractivity contribution in [3.8, 4) is 0 Å². The van der Waals surface area contributed by atoms with Crippen LogP contribution in [0.25, 0.3) is 0 Å². The quantitative estimate of drug-likeness (QED) is 0.879. The summed E-state index contributed by atoms with van der Waals surface area (Å²) in [6.07, 6.45) is 0.744. The number of hydrogen-bond donors (Lipinski definition) is 2. The van der Waals surface area contributed by atoms with E-state index in [9.17, 15) is 0 Å². The first-order chi connectivity index (χ1) is 11.5. The van der Waals surface area contributed by atoms with E-state index in [2.05, 4.69) is 58.6 Å². The van der Waals surface area contributed by atoms with Gasteiger partial charge >= 0.3 is 6.01 Å². The van der Waals surface area contributed by atoms with Gasteiger partial charge in [-0.1, -0.05) is 18.1 Å². The molecule has 0 amide bonds. The first-order valence-electron chi connectivity index (χ1n) is 8.70. The molecular formula is C18H27N5O. The van der Waals surface area contributed by atoms with Crippen molar-refractivity contribution in [1.29, 1.82) is 0 Å². The van der Waals surface area contributed by atoms with Crippen molar-refractivity contribution < 1.29 is 4.42 Å². The van der Waals surface area contributed by atoms with Crippen molar-refractivity contribution in [3.05, 3.63) is 34.7 Å². The van der Waals surface area contributed by atoms with Crippen LogP contribution in [0.2, 0.25) is 0 Å². The minimum absolute atomic E-state index is 0.460. The van der Waals surface area contributed by atoms with E-state index in [-0.39, 0.29) is 0 Å². The van der Waals surface area contributed by atoms with Crippen molar-refractivity contribution in [1.82, 2.24) is 20.4 Å². The summed E-state index contributed by atoms with van der Waals surface area (Å²) < 4.78 is 5.58. The second kappa shape index (κ2) is 7.32. The van der Waals surface area contributed by atoms with E-state index in [1.54, 1.807) is 0 Å². The van der Waals surface area contributed by atoms with E-state index < -0.39 is 0 Å². The molecule has 1 aromatic carbocycles. The van der Waals surface area contributed by atoms with Gasteiger partial charge in [-0.2, -0.15) is 0 Å². The Morgan fingerprint density at radius 3 is 2.88 bits per heavy atom. The summed E-state index contributed by atoms with van der Waals surface area (Å²) >= 11 is 0. The average Bonchev–Trinajstić information content (AvgIpc) is 2.99. The maximum Gasteiger partial charge on any atom is 0.320 e. The van der Waals surface area contributed by atoms with Crippen molar-refractivity contribution in [2.75, 3.05) is 25.0 Å². The van der Waals surface area contributed by atoms with Crippen LogP contribution in [-0.4, -0.2) is 40.8 Å². The molecular weight excluding hydrogens is 302 g/mol. The molecule has 1 saturated heterocycles. The Hall–Kier alpha value is -1.92. The molecule has 130 valence electrons. The average molecular weight is 329 g/mol. The molecule has 24 heavy (non-hydrogen) atoms. The van der Waals surface area contributed by atoms with Crippen LogP contribution in [0.1, 0.15) is 36.4 Å². The van der Waals surface area contributed by atoms with Gasteiger partial charge < -0.3 is 15.1 Å². The zero-order valence-electron chi connectivity index (χ0n) is 15.0. The zero-order chi connectivity index (χ0) is 17.1. The van der Waals surface area contributed by atoms with E-state index in [0.717, 1.165) is 38.3 Å². The van der Waals surface area contributed by atoms with Gasteiger partial charge in [0.25, 0.3) is 0 Å². The molecule has 2 aromatic rings. The summed E-state index contributed by atoms with van der Waals surface area (Å²) in [4.78, 5) is 2.51. The van der Waals surface area contributed by atoms with Gasteiger partial charge in [-0.05, 0) is 43.5 Å². The number of nitrogens with one attached hydrogen (secondary N) is 2. The number of aromatic nitrogens is 2. The SMILES string of the molecule is CCc1nnc(Nc2cc(C)cc(CN3CCN[C@@H](C)C3)c2C)o1. The topological polar surface area (TPSA) is 66.2 Å². The first-order valence-corrected chi connectivity index (χ1v) is 8.70. The van der Waals surface area contributed by atoms with E-state index in [1.165, 1.54) is 16.7 Å². The van der Waals surface area contributed by atoms with Gasteiger partial charge in [-0.15, -0.1) is 5.10 Å². The number of aryl methyl sites for hydroxylation is 2. The lowest BCUT2D eigenvalue weighted by atomic mass is 10.0. The Labute approximate surface area is 143 Å². The van der Waals surface area contributed by atoms with Crippen LogP contribution >= 0.6 is 0 Å². The maximum absolute atomic E-state index is 5.58. The second-order valence-corrected chi connectivity index (χ2v) is 6.67. The molecule has 0 saturated carbocycles. The third-order valence-corrected chi connectivity index (χ3v) is 4.52. The maximum atomic E-state index is 5.58. The molecule has 2 heterocycles. The Morgan fingerprint density at radius 2 is 2.17 bits per heavy atom. The van der Waals surface area contributed by atoms with E-state index in [4.69, 9.17) is 4.42 Å². The van der Waals surface area contributed by atoms with Crippen LogP contribution in [-0.2, 0) is 13.0 Å². The molecule has 0 unspecified atom stereocenters. The van der Waals surface area contributed by atoms with Crippen LogP contribution in [0.4, 0.5) is 11.7 Å². The molecule has 0 bridgehead atoms. The third-order valence-electron chi connectivity index (χ3n) is 4.52. The number of hydrogen-bond acceptors (Lipinski definition) is 6. The normalized spacial score (nSPS) is 18.8. The van der Waals surface area contributed by atoms with Gasteiger partial charge in [0.1, 0.15) is 0 Å². The molecule has 3 rings (SSSR count). The largest absolute Gasteiger partial charge is 0.408 e. The Kier molecular flexibility index (Phi) is 5.16. The van der Waals surface area contributed by atoms with E-state index in [0.29, 0.717) is 17.9 Å². The Bertz CT molecular complexity index is 697. The van der Waals surface area contributed by atoms with Crippen molar-refractivity contribution in [3.63, 3.8) is 0 Å². The highest BCUT2D eigenvalue weighted by atomic mass is 16.4. The summed E-state index contributed by atoms with van der Waals surface area (Å²) in [5.74, 6) is 0.651. The van der Waals surface area contributed by atoms with Gasteiger partial charge in [0.05, 0.1) is 0 Å². The number of piperazine rings is 1. The number of rotatable bonds is 5. The van der Waals surface area contributed by atoms with Crippen LogP contribution in [0.15, 0.2) is 16.5 Å². The highest BCUT2D eigenvalue weighted by molar-refractivity contribution is 5.61. The van der Waals surface area contributed by atoms with Crippen LogP contribution in [0.5, 0.6) is 0 Å². The van der Waals surface area contributed by atoms with Gasteiger partial charge in [0.15, 0.2) is 0 Å². The molecule has 0 aliphatic carbocycles. The fourth-order valence-electron chi connectivity index (χ4n) is 3.19. The molecule has 6 heteroatoms. The molecule has 6 nitrogen and oxygen atoms in total. The lowest BCUT2D eigenvalue weighted by Gasteiger charge is -2.32. The fraction of sp³-hybridized carbons (Fsp3) is 0.556. The summed E-state index contributed by atoms with van der Waals surface area (Å²) in [5, 5.41) is 14.9. The van der Waals surface area contributed by atoms with Crippen molar-refractivity contribution in [2.24, 2.45) is 0 Å². The molecule has 1 fully saturated rings. The molecule has 0 spiro atoms. The standard InChI is InChI=1S/C18H27N5O/c1-5-17-21-22-18(24-17)20-16-9-12(2)8-15(14(16)4)11-23-7-6-19-13(3)10-23/h8-9,13,19H,5-7,10-11H2,1-4H3,(H,20,22)/t13-/m0/s1. The predicted molar refractivity (Wildman–Crippen MR) is 95.6 cm³/mol. The monoisotopic (exact) mass is 329 g/mol. The van der Waals surface area contributed by atoms with Gasteiger partial charge in [-0.25, -0.2) is 0 Å². The minimum Gasteiger partial charge on any atom is -0.408 e. The van der Waals surface area contributed by atoms with Crippen molar-refractivity contribution >= 4 is 11.7 Å². The molecule has 1 aliphatic heterocycles. The fourth-order valence-corrected chi connectivity index (χ4v) is 3.19. The molecule has 1 atom stereocenters. The van der Waals surface area contributed by atoms with Crippen LogP contribution < -0.4 is 10.6 Å². The van der Waals surface area contributed by atoms with E-state index in [1.807, 2.05) is 6.92 Å². The highest BCUT2D eigenvalue weighted by Crippen LogP contribution is 2.26.